The number of hydrogen-bond acceptors (Lipinski definition) is 7. The van der Waals surface area contributed by atoms with Gasteiger partial charge in [0.05, 0.1) is 11.2 Å². The van der Waals surface area contributed by atoms with E-state index in [1.807, 2.05) is 0 Å². The Morgan fingerprint density at radius 3 is 2.94 bits per heavy atom. The summed E-state index contributed by atoms with van der Waals surface area (Å²) in [5.41, 5.74) is 0. The monoisotopic (exact) mass is 285 g/mol. The molecule has 0 bridgehead atoms. The number of nitrogens with zero attached hydrogens (tertiary/aromatic N) is 4. The van der Waals surface area contributed by atoms with Crippen molar-refractivity contribution in [3.8, 4) is 0 Å². The van der Waals surface area contributed by atoms with Crippen molar-refractivity contribution < 1.29 is 4.42 Å². The van der Waals surface area contributed by atoms with Crippen LogP contribution in [0.3, 0.4) is 0 Å². The molecule has 0 spiro atoms. The molecular formula is C10H12ClN5OS. The minimum absolute atomic E-state index is 0.412. The number of nitrogens with one attached hydrogen (secondary N) is 1. The van der Waals surface area contributed by atoms with Gasteiger partial charge in [-0.3, -0.25) is 0 Å². The van der Waals surface area contributed by atoms with Crippen LogP contribution >= 0.6 is 23.4 Å². The second-order valence-electron chi connectivity index (χ2n) is 3.46. The third kappa shape index (κ3) is 3.33. The van der Waals surface area contributed by atoms with Gasteiger partial charge >= 0.3 is 0 Å². The van der Waals surface area contributed by atoms with Gasteiger partial charge in [-0.2, -0.15) is 0 Å². The van der Waals surface area contributed by atoms with Gasteiger partial charge in [0.25, 0.3) is 5.22 Å². The number of aromatic nitrogens is 4. The molecule has 0 saturated carbocycles. The average Bonchev–Trinajstić information content (AvgIpc) is 2.76. The van der Waals surface area contributed by atoms with Crippen LogP contribution in [0.5, 0.6) is 0 Å². The number of hydrogen-bond donors (Lipinski definition) is 1. The Labute approximate surface area is 114 Å². The van der Waals surface area contributed by atoms with E-state index in [9.17, 15) is 0 Å². The van der Waals surface area contributed by atoms with E-state index < -0.39 is 0 Å². The zero-order chi connectivity index (χ0) is 13.0. The Morgan fingerprint density at radius 1 is 1.44 bits per heavy atom. The zero-order valence-corrected chi connectivity index (χ0v) is 11.5. The van der Waals surface area contributed by atoms with Crippen molar-refractivity contribution in [2.75, 3.05) is 11.9 Å². The molecule has 2 heterocycles. The molecule has 8 heteroatoms. The highest BCUT2D eigenvalue weighted by molar-refractivity contribution is 7.99. The quantitative estimate of drug-likeness (QED) is 0.846. The van der Waals surface area contributed by atoms with Crippen LogP contribution in [0.1, 0.15) is 19.2 Å². The van der Waals surface area contributed by atoms with Crippen LogP contribution in [0, 0.1) is 6.92 Å². The summed E-state index contributed by atoms with van der Waals surface area (Å²) in [6.07, 6.45) is 2.55. The Kier molecular flexibility index (Phi) is 4.38. The summed E-state index contributed by atoms with van der Waals surface area (Å²) in [4.78, 5) is 8.38. The zero-order valence-electron chi connectivity index (χ0n) is 9.97. The second kappa shape index (κ2) is 6.01. The third-order valence-corrected chi connectivity index (χ3v) is 3.17. The molecule has 0 aliphatic heterocycles. The summed E-state index contributed by atoms with van der Waals surface area (Å²) in [6.45, 7) is 4.61. The first-order valence-electron chi connectivity index (χ1n) is 5.43. The van der Waals surface area contributed by atoms with Gasteiger partial charge in [-0.1, -0.05) is 18.5 Å². The number of halogens is 1. The third-order valence-electron chi connectivity index (χ3n) is 1.94. The first-order chi connectivity index (χ1) is 8.69. The van der Waals surface area contributed by atoms with Crippen molar-refractivity contribution in [3.05, 3.63) is 17.1 Å². The fourth-order valence-electron chi connectivity index (χ4n) is 1.15. The van der Waals surface area contributed by atoms with E-state index in [-0.39, 0.29) is 0 Å². The molecular weight excluding hydrogens is 274 g/mol. The summed E-state index contributed by atoms with van der Waals surface area (Å²) >= 11 is 7.24. The maximum atomic E-state index is 6.02. The lowest BCUT2D eigenvalue weighted by molar-refractivity contribution is 0.429. The van der Waals surface area contributed by atoms with Crippen molar-refractivity contribution in [1.29, 1.82) is 0 Å². The van der Waals surface area contributed by atoms with Crippen LogP contribution in [0.4, 0.5) is 5.95 Å². The van der Waals surface area contributed by atoms with Crippen molar-refractivity contribution >= 4 is 29.3 Å². The van der Waals surface area contributed by atoms with Crippen LogP contribution in [0.25, 0.3) is 0 Å². The molecule has 0 saturated heterocycles. The molecule has 96 valence electrons. The molecule has 2 rings (SSSR count). The van der Waals surface area contributed by atoms with E-state index in [1.54, 1.807) is 13.1 Å². The molecule has 18 heavy (non-hydrogen) atoms. The second-order valence-corrected chi connectivity index (χ2v) is 4.81. The average molecular weight is 286 g/mol. The molecule has 0 aliphatic rings. The SMILES string of the molecule is CCCNc1ncc(Cl)c(Sc2nnc(C)o2)n1. The number of aryl methyl sites for hydroxylation is 1. The summed E-state index contributed by atoms with van der Waals surface area (Å²) in [5.74, 6) is 1.05. The van der Waals surface area contributed by atoms with E-state index in [4.69, 9.17) is 16.0 Å². The largest absolute Gasteiger partial charge is 0.416 e. The normalized spacial score (nSPS) is 10.6. The highest BCUT2D eigenvalue weighted by Crippen LogP contribution is 2.30. The highest BCUT2D eigenvalue weighted by Gasteiger charge is 2.11. The summed E-state index contributed by atoms with van der Waals surface area (Å²) in [7, 11) is 0. The van der Waals surface area contributed by atoms with E-state index in [1.165, 1.54) is 11.8 Å². The van der Waals surface area contributed by atoms with Gasteiger partial charge in [0.1, 0.15) is 5.03 Å². The first kappa shape index (κ1) is 13.1. The van der Waals surface area contributed by atoms with Gasteiger partial charge in [-0.05, 0) is 18.2 Å². The smallest absolute Gasteiger partial charge is 0.282 e. The number of rotatable bonds is 5. The van der Waals surface area contributed by atoms with Gasteiger partial charge in [-0.25, -0.2) is 9.97 Å². The van der Waals surface area contributed by atoms with Crippen LogP contribution in [-0.2, 0) is 0 Å². The molecule has 0 fully saturated rings. The lowest BCUT2D eigenvalue weighted by atomic mass is 10.5. The summed E-state index contributed by atoms with van der Waals surface area (Å²) in [6, 6.07) is 0. The van der Waals surface area contributed by atoms with Crippen molar-refractivity contribution in [3.63, 3.8) is 0 Å². The van der Waals surface area contributed by atoms with E-state index in [0.717, 1.165) is 13.0 Å². The van der Waals surface area contributed by atoms with Gasteiger partial charge in [0, 0.05) is 13.5 Å². The molecule has 0 aromatic carbocycles. The molecule has 6 nitrogen and oxygen atoms in total. The molecule has 0 atom stereocenters. The Hall–Kier alpha value is -1.34. The van der Waals surface area contributed by atoms with Gasteiger partial charge in [0.15, 0.2) is 0 Å². The minimum atomic E-state index is 0.412. The lowest BCUT2D eigenvalue weighted by Crippen LogP contribution is -2.04. The molecule has 0 aliphatic carbocycles. The van der Waals surface area contributed by atoms with Gasteiger partial charge < -0.3 is 9.73 Å². The molecule has 2 aromatic heterocycles. The van der Waals surface area contributed by atoms with Crippen LogP contribution in [-0.4, -0.2) is 26.7 Å². The van der Waals surface area contributed by atoms with Crippen LogP contribution < -0.4 is 5.32 Å². The first-order valence-corrected chi connectivity index (χ1v) is 6.63. The van der Waals surface area contributed by atoms with Crippen molar-refractivity contribution in [2.45, 2.75) is 30.5 Å². The highest BCUT2D eigenvalue weighted by atomic mass is 35.5. The van der Waals surface area contributed by atoms with Gasteiger partial charge in [0.2, 0.25) is 11.8 Å². The molecule has 1 N–H and O–H groups in total. The number of anilines is 1. The molecule has 0 amide bonds. The minimum Gasteiger partial charge on any atom is -0.416 e. The van der Waals surface area contributed by atoms with Crippen LogP contribution in [0.15, 0.2) is 20.9 Å². The molecule has 0 radical (unpaired) electrons. The Bertz CT molecular complexity index is 533. The van der Waals surface area contributed by atoms with Crippen molar-refractivity contribution in [1.82, 2.24) is 20.2 Å². The summed E-state index contributed by atoms with van der Waals surface area (Å²) in [5, 5.41) is 12.2. The fourth-order valence-corrected chi connectivity index (χ4v) is 2.05. The van der Waals surface area contributed by atoms with Crippen LogP contribution in [0.2, 0.25) is 5.02 Å². The van der Waals surface area contributed by atoms with E-state index in [2.05, 4.69) is 32.4 Å². The molecule has 0 unspecified atom stereocenters. The van der Waals surface area contributed by atoms with E-state index in [0.29, 0.717) is 27.1 Å². The Morgan fingerprint density at radius 2 is 2.28 bits per heavy atom. The van der Waals surface area contributed by atoms with Gasteiger partial charge in [-0.15, -0.1) is 10.2 Å². The van der Waals surface area contributed by atoms with E-state index >= 15 is 0 Å². The lowest BCUT2D eigenvalue weighted by Gasteiger charge is -2.05. The molecule has 2 aromatic rings. The Balaban J connectivity index is 2.15. The predicted molar refractivity (Wildman–Crippen MR) is 69.0 cm³/mol. The maximum Gasteiger partial charge on any atom is 0.282 e. The standard InChI is InChI=1S/C10H12ClN5OS/c1-3-4-12-9-13-5-7(11)8(14-9)18-10-16-15-6(2)17-10/h5H,3-4H2,1-2H3,(H,12,13,14). The maximum absolute atomic E-state index is 6.02. The topological polar surface area (TPSA) is 76.7 Å². The predicted octanol–water partition coefficient (Wildman–Crippen LogP) is 2.79. The fraction of sp³-hybridized carbons (Fsp3) is 0.400. The van der Waals surface area contributed by atoms with Crippen molar-refractivity contribution in [2.24, 2.45) is 0 Å². The summed E-state index contributed by atoms with van der Waals surface area (Å²) < 4.78 is 5.26.